The van der Waals surface area contributed by atoms with Crippen molar-refractivity contribution in [3.05, 3.63) is 35.4 Å². The SMILES string of the molecule is Cc1cccc(C2(N)CCCN(C)C2)c1. The van der Waals surface area contributed by atoms with Gasteiger partial charge in [0.25, 0.3) is 0 Å². The Morgan fingerprint density at radius 3 is 2.87 bits per heavy atom. The Bertz CT molecular complexity index is 348. The molecule has 1 aromatic rings. The normalized spacial score (nSPS) is 27.9. The summed E-state index contributed by atoms with van der Waals surface area (Å²) >= 11 is 0. The van der Waals surface area contributed by atoms with Crippen molar-refractivity contribution in [3.63, 3.8) is 0 Å². The van der Waals surface area contributed by atoms with Crippen molar-refractivity contribution in [2.24, 2.45) is 5.73 Å². The van der Waals surface area contributed by atoms with Crippen LogP contribution in [0.2, 0.25) is 0 Å². The Kier molecular flexibility index (Phi) is 2.81. The van der Waals surface area contributed by atoms with Crippen LogP contribution in [-0.2, 0) is 5.54 Å². The maximum absolute atomic E-state index is 6.50. The Labute approximate surface area is 92.1 Å². The predicted molar refractivity (Wildman–Crippen MR) is 63.8 cm³/mol. The van der Waals surface area contributed by atoms with Gasteiger partial charge in [0.1, 0.15) is 0 Å². The van der Waals surface area contributed by atoms with Crippen molar-refractivity contribution >= 4 is 0 Å². The molecule has 1 aromatic carbocycles. The zero-order valence-corrected chi connectivity index (χ0v) is 9.66. The van der Waals surface area contributed by atoms with Crippen LogP contribution in [0.4, 0.5) is 0 Å². The minimum absolute atomic E-state index is 0.140. The highest BCUT2D eigenvalue weighted by Gasteiger charge is 2.31. The fourth-order valence-electron chi connectivity index (χ4n) is 2.49. The highest BCUT2D eigenvalue weighted by molar-refractivity contribution is 5.29. The van der Waals surface area contributed by atoms with E-state index < -0.39 is 0 Å². The van der Waals surface area contributed by atoms with Crippen molar-refractivity contribution in [2.75, 3.05) is 20.1 Å². The van der Waals surface area contributed by atoms with E-state index in [2.05, 4.69) is 43.1 Å². The monoisotopic (exact) mass is 204 g/mol. The number of likely N-dealkylation sites (N-methyl/N-ethyl adjacent to an activating group) is 1. The second-order valence-corrected chi connectivity index (χ2v) is 4.87. The Morgan fingerprint density at radius 2 is 2.20 bits per heavy atom. The summed E-state index contributed by atoms with van der Waals surface area (Å²) in [5, 5.41) is 0. The standard InChI is InChI=1S/C13H20N2/c1-11-5-3-6-12(9-11)13(14)7-4-8-15(2)10-13/h3,5-6,9H,4,7-8,10,14H2,1-2H3. The van der Waals surface area contributed by atoms with Crippen LogP contribution in [0.25, 0.3) is 0 Å². The number of aryl methyl sites for hydroxylation is 1. The third-order valence-corrected chi connectivity index (χ3v) is 3.31. The maximum Gasteiger partial charge on any atom is 0.0539 e. The lowest BCUT2D eigenvalue weighted by Crippen LogP contribution is -2.50. The molecular formula is C13H20N2. The van der Waals surface area contributed by atoms with Crippen LogP contribution < -0.4 is 5.73 Å². The molecule has 0 amide bonds. The van der Waals surface area contributed by atoms with E-state index in [4.69, 9.17) is 5.73 Å². The number of rotatable bonds is 1. The van der Waals surface area contributed by atoms with Gasteiger partial charge in [-0.15, -0.1) is 0 Å². The van der Waals surface area contributed by atoms with E-state index in [1.807, 2.05) is 0 Å². The number of hydrogen-bond acceptors (Lipinski definition) is 2. The minimum atomic E-state index is -0.140. The molecule has 1 aliphatic heterocycles. The van der Waals surface area contributed by atoms with Gasteiger partial charge in [0.2, 0.25) is 0 Å². The summed E-state index contributed by atoms with van der Waals surface area (Å²) in [4.78, 5) is 2.33. The van der Waals surface area contributed by atoms with Crippen LogP contribution in [0.5, 0.6) is 0 Å². The van der Waals surface area contributed by atoms with E-state index in [0.29, 0.717) is 0 Å². The first-order valence-electron chi connectivity index (χ1n) is 5.65. The molecule has 82 valence electrons. The first kappa shape index (κ1) is 10.7. The molecule has 1 fully saturated rings. The summed E-state index contributed by atoms with van der Waals surface area (Å²) in [6, 6.07) is 8.61. The fraction of sp³-hybridized carbons (Fsp3) is 0.538. The number of nitrogens with zero attached hydrogens (tertiary/aromatic N) is 1. The molecule has 1 atom stereocenters. The minimum Gasteiger partial charge on any atom is -0.320 e. The summed E-state index contributed by atoms with van der Waals surface area (Å²) in [7, 11) is 2.15. The third kappa shape index (κ3) is 2.21. The van der Waals surface area contributed by atoms with Crippen LogP contribution in [-0.4, -0.2) is 25.0 Å². The van der Waals surface area contributed by atoms with Crippen molar-refractivity contribution in [1.82, 2.24) is 4.90 Å². The largest absolute Gasteiger partial charge is 0.320 e. The summed E-state index contributed by atoms with van der Waals surface area (Å²) in [6.07, 6.45) is 2.29. The van der Waals surface area contributed by atoms with E-state index in [9.17, 15) is 0 Å². The lowest BCUT2D eigenvalue weighted by molar-refractivity contribution is 0.179. The Balaban J connectivity index is 2.28. The van der Waals surface area contributed by atoms with Gasteiger partial charge in [0.05, 0.1) is 5.54 Å². The van der Waals surface area contributed by atoms with E-state index in [1.54, 1.807) is 0 Å². The fourth-order valence-corrected chi connectivity index (χ4v) is 2.49. The summed E-state index contributed by atoms with van der Waals surface area (Å²) in [5.74, 6) is 0. The van der Waals surface area contributed by atoms with Gasteiger partial charge in [-0.2, -0.15) is 0 Å². The van der Waals surface area contributed by atoms with Gasteiger partial charge in [0.15, 0.2) is 0 Å². The molecule has 0 aliphatic carbocycles. The average Bonchev–Trinajstić information content (AvgIpc) is 2.17. The van der Waals surface area contributed by atoms with Gasteiger partial charge in [-0.05, 0) is 38.9 Å². The molecule has 0 saturated carbocycles. The lowest BCUT2D eigenvalue weighted by atomic mass is 9.83. The average molecular weight is 204 g/mol. The van der Waals surface area contributed by atoms with Crippen LogP contribution in [0.15, 0.2) is 24.3 Å². The quantitative estimate of drug-likeness (QED) is 0.756. The topological polar surface area (TPSA) is 29.3 Å². The molecule has 15 heavy (non-hydrogen) atoms. The summed E-state index contributed by atoms with van der Waals surface area (Å²) in [6.45, 7) is 4.26. The van der Waals surface area contributed by atoms with Gasteiger partial charge < -0.3 is 10.6 Å². The van der Waals surface area contributed by atoms with Gasteiger partial charge >= 0.3 is 0 Å². The van der Waals surface area contributed by atoms with Crippen LogP contribution in [0.3, 0.4) is 0 Å². The Hall–Kier alpha value is -0.860. The maximum atomic E-state index is 6.50. The zero-order chi connectivity index (χ0) is 10.9. The number of hydrogen-bond donors (Lipinski definition) is 1. The molecule has 1 aliphatic rings. The highest BCUT2D eigenvalue weighted by Crippen LogP contribution is 2.28. The number of nitrogens with two attached hydrogens (primary N) is 1. The third-order valence-electron chi connectivity index (χ3n) is 3.31. The molecule has 0 bridgehead atoms. The predicted octanol–water partition coefficient (Wildman–Crippen LogP) is 1.87. The number of piperidine rings is 1. The molecule has 2 rings (SSSR count). The molecule has 1 heterocycles. The first-order valence-corrected chi connectivity index (χ1v) is 5.65. The van der Waals surface area contributed by atoms with Gasteiger partial charge in [0, 0.05) is 6.54 Å². The van der Waals surface area contributed by atoms with Crippen LogP contribution >= 0.6 is 0 Å². The molecule has 0 spiro atoms. The van der Waals surface area contributed by atoms with E-state index in [0.717, 1.165) is 13.0 Å². The van der Waals surface area contributed by atoms with Gasteiger partial charge in [-0.3, -0.25) is 0 Å². The summed E-state index contributed by atoms with van der Waals surface area (Å²) in [5.41, 5.74) is 8.94. The van der Waals surface area contributed by atoms with E-state index in [1.165, 1.54) is 24.1 Å². The smallest absolute Gasteiger partial charge is 0.0539 e. The molecule has 1 unspecified atom stereocenters. The van der Waals surface area contributed by atoms with E-state index in [-0.39, 0.29) is 5.54 Å². The number of benzene rings is 1. The highest BCUT2D eigenvalue weighted by atomic mass is 15.1. The van der Waals surface area contributed by atoms with Crippen LogP contribution in [0.1, 0.15) is 24.0 Å². The molecule has 1 saturated heterocycles. The Morgan fingerprint density at radius 1 is 1.40 bits per heavy atom. The molecule has 2 heteroatoms. The second-order valence-electron chi connectivity index (χ2n) is 4.87. The summed E-state index contributed by atoms with van der Waals surface area (Å²) < 4.78 is 0. The van der Waals surface area contributed by atoms with Crippen LogP contribution in [0, 0.1) is 6.92 Å². The molecule has 2 N–H and O–H groups in total. The molecule has 0 radical (unpaired) electrons. The van der Waals surface area contributed by atoms with E-state index >= 15 is 0 Å². The van der Waals surface area contributed by atoms with Crippen molar-refractivity contribution in [1.29, 1.82) is 0 Å². The lowest BCUT2D eigenvalue weighted by Gasteiger charge is -2.39. The first-order chi connectivity index (χ1) is 7.10. The van der Waals surface area contributed by atoms with Crippen molar-refractivity contribution in [2.45, 2.75) is 25.3 Å². The molecule has 0 aromatic heterocycles. The zero-order valence-electron chi connectivity index (χ0n) is 9.66. The number of likely N-dealkylation sites (tertiary alicyclic amines) is 1. The van der Waals surface area contributed by atoms with Crippen molar-refractivity contribution in [3.8, 4) is 0 Å². The molecular weight excluding hydrogens is 184 g/mol. The van der Waals surface area contributed by atoms with Crippen molar-refractivity contribution < 1.29 is 0 Å². The second kappa shape index (κ2) is 3.95. The molecule has 2 nitrogen and oxygen atoms in total. The van der Waals surface area contributed by atoms with Gasteiger partial charge in [-0.1, -0.05) is 29.8 Å². The van der Waals surface area contributed by atoms with Gasteiger partial charge in [-0.25, -0.2) is 0 Å².